The third kappa shape index (κ3) is 3.01. The molecule has 17 heavy (non-hydrogen) atoms. The number of amides is 1. The first-order valence-corrected chi connectivity index (χ1v) is 6.49. The van der Waals surface area contributed by atoms with Gasteiger partial charge in [-0.25, -0.2) is 0 Å². The van der Waals surface area contributed by atoms with Crippen molar-refractivity contribution in [3.63, 3.8) is 0 Å². The van der Waals surface area contributed by atoms with Crippen LogP contribution in [0.1, 0.15) is 30.6 Å². The summed E-state index contributed by atoms with van der Waals surface area (Å²) in [5.74, 6) is 1.31. The molecule has 1 aliphatic heterocycles. The highest BCUT2D eigenvalue weighted by Crippen LogP contribution is 2.22. The first-order chi connectivity index (χ1) is 8.06. The van der Waals surface area contributed by atoms with Crippen LogP contribution < -0.4 is 0 Å². The number of hydrogen-bond donors (Lipinski definition) is 0. The number of carbonyl (C=O) groups is 1. The Hall–Kier alpha value is -1.02. The highest BCUT2D eigenvalue weighted by molar-refractivity contribution is 6.30. The largest absolute Gasteiger partial charge is 0.338 e. The molecule has 1 aliphatic rings. The lowest BCUT2D eigenvalue weighted by Crippen LogP contribution is -2.42. The average molecular weight is 252 g/mol. The number of piperidine rings is 1. The van der Waals surface area contributed by atoms with Crippen molar-refractivity contribution in [2.75, 3.05) is 13.1 Å². The van der Waals surface area contributed by atoms with E-state index in [1.807, 2.05) is 4.90 Å². The molecule has 1 aromatic rings. The number of carbonyl (C=O) groups excluding carboxylic acids is 1. The molecular formula is C14H18ClNO. The van der Waals surface area contributed by atoms with E-state index in [1.165, 1.54) is 6.42 Å². The summed E-state index contributed by atoms with van der Waals surface area (Å²) >= 11 is 5.82. The minimum absolute atomic E-state index is 0.125. The van der Waals surface area contributed by atoms with Gasteiger partial charge in [0.1, 0.15) is 0 Å². The number of hydrogen-bond acceptors (Lipinski definition) is 1. The molecule has 0 spiro atoms. The highest BCUT2D eigenvalue weighted by Gasteiger charge is 2.25. The fourth-order valence-corrected chi connectivity index (χ4v) is 2.73. The van der Waals surface area contributed by atoms with Gasteiger partial charge >= 0.3 is 0 Å². The van der Waals surface area contributed by atoms with Gasteiger partial charge in [-0.2, -0.15) is 0 Å². The Morgan fingerprint density at radius 2 is 1.71 bits per heavy atom. The summed E-state index contributed by atoms with van der Waals surface area (Å²) in [5, 5.41) is 0.668. The van der Waals surface area contributed by atoms with Crippen molar-refractivity contribution in [2.24, 2.45) is 11.8 Å². The number of rotatable bonds is 1. The van der Waals surface area contributed by atoms with Gasteiger partial charge in [-0.05, 0) is 42.5 Å². The molecule has 1 aromatic carbocycles. The van der Waals surface area contributed by atoms with Crippen molar-refractivity contribution >= 4 is 17.5 Å². The van der Waals surface area contributed by atoms with E-state index in [1.54, 1.807) is 24.3 Å². The third-order valence-electron chi connectivity index (χ3n) is 3.25. The van der Waals surface area contributed by atoms with E-state index in [0.717, 1.165) is 18.7 Å². The Labute approximate surface area is 108 Å². The van der Waals surface area contributed by atoms with Gasteiger partial charge in [-0.1, -0.05) is 25.4 Å². The molecule has 1 saturated heterocycles. The van der Waals surface area contributed by atoms with Crippen LogP contribution in [0.3, 0.4) is 0 Å². The normalized spacial score (nSPS) is 24.8. The van der Waals surface area contributed by atoms with Crippen molar-refractivity contribution in [1.82, 2.24) is 4.90 Å². The second-order valence-electron chi connectivity index (χ2n) is 5.16. The lowest BCUT2D eigenvalue weighted by Gasteiger charge is -2.35. The quantitative estimate of drug-likeness (QED) is 0.749. The van der Waals surface area contributed by atoms with E-state index >= 15 is 0 Å². The van der Waals surface area contributed by atoms with Gasteiger partial charge in [0, 0.05) is 23.7 Å². The molecule has 2 atom stereocenters. The minimum Gasteiger partial charge on any atom is -0.338 e. The first-order valence-electron chi connectivity index (χ1n) is 6.11. The second-order valence-corrected chi connectivity index (χ2v) is 5.60. The van der Waals surface area contributed by atoms with Crippen LogP contribution >= 0.6 is 11.6 Å². The van der Waals surface area contributed by atoms with Crippen LogP contribution in [0.15, 0.2) is 24.3 Å². The molecule has 0 radical (unpaired) electrons. The van der Waals surface area contributed by atoms with Gasteiger partial charge in [0.2, 0.25) is 0 Å². The fraction of sp³-hybridized carbons (Fsp3) is 0.500. The average Bonchev–Trinajstić information content (AvgIpc) is 2.28. The SMILES string of the molecule is CC1CC(C)CN(C(=O)c2ccc(Cl)cc2)C1. The Bertz CT molecular complexity index is 391. The second kappa shape index (κ2) is 5.09. The van der Waals surface area contributed by atoms with E-state index in [0.29, 0.717) is 16.9 Å². The van der Waals surface area contributed by atoms with E-state index in [-0.39, 0.29) is 5.91 Å². The number of benzene rings is 1. The molecule has 92 valence electrons. The number of likely N-dealkylation sites (tertiary alicyclic amines) is 1. The summed E-state index contributed by atoms with van der Waals surface area (Å²) in [4.78, 5) is 14.2. The zero-order valence-corrected chi connectivity index (χ0v) is 11.1. The minimum atomic E-state index is 0.125. The van der Waals surface area contributed by atoms with Gasteiger partial charge in [-0.15, -0.1) is 0 Å². The van der Waals surface area contributed by atoms with Crippen LogP contribution in [0.25, 0.3) is 0 Å². The molecule has 1 heterocycles. The predicted molar refractivity (Wildman–Crippen MR) is 70.3 cm³/mol. The summed E-state index contributed by atoms with van der Waals surface area (Å²) in [5.41, 5.74) is 0.732. The van der Waals surface area contributed by atoms with Crippen LogP contribution in [-0.4, -0.2) is 23.9 Å². The van der Waals surface area contributed by atoms with E-state index < -0.39 is 0 Å². The smallest absolute Gasteiger partial charge is 0.253 e. The summed E-state index contributed by atoms with van der Waals surface area (Å²) in [7, 11) is 0. The molecule has 2 nitrogen and oxygen atoms in total. The lowest BCUT2D eigenvalue weighted by atomic mass is 9.91. The van der Waals surface area contributed by atoms with Gasteiger partial charge in [0.05, 0.1) is 0 Å². The highest BCUT2D eigenvalue weighted by atomic mass is 35.5. The van der Waals surface area contributed by atoms with Crippen molar-refractivity contribution in [2.45, 2.75) is 20.3 Å². The van der Waals surface area contributed by atoms with Crippen LogP contribution in [0.5, 0.6) is 0 Å². The van der Waals surface area contributed by atoms with E-state index in [4.69, 9.17) is 11.6 Å². The zero-order valence-electron chi connectivity index (χ0n) is 10.3. The van der Waals surface area contributed by atoms with Gasteiger partial charge < -0.3 is 4.90 Å². The fourth-order valence-electron chi connectivity index (χ4n) is 2.60. The summed E-state index contributed by atoms with van der Waals surface area (Å²) < 4.78 is 0. The van der Waals surface area contributed by atoms with E-state index in [2.05, 4.69) is 13.8 Å². The topological polar surface area (TPSA) is 20.3 Å². The monoisotopic (exact) mass is 251 g/mol. The van der Waals surface area contributed by atoms with Crippen LogP contribution in [0, 0.1) is 11.8 Å². The van der Waals surface area contributed by atoms with Crippen LogP contribution in [-0.2, 0) is 0 Å². The number of nitrogens with zero attached hydrogens (tertiary/aromatic N) is 1. The van der Waals surface area contributed by atoms with Crippen molar-refractivity contribution in [3.8, 4) is 0 Å². The summed E-state index contributed by atoms with van der Waals surface area (Å²) in [6, 6.07) is 7.14. The third-order valence-corrected chi connectivity index (χ3v) is 3.50. The predicted octanol–water partition coefficient (Wildman–Crippen LogP) is 3.46. The Morgan fingerprint density at radius 1 is 1.18 bits per heavy atom. The molecule has 0 aliphatic carbocycles. The maximum absolute atomic E-state index is 12.3. The molecule has 0 N–H and O–H groups in total. The number of halogens is 1. The summed E-state index contributed by atoms with van der Waals surface area (Å²) in [6.45, 7) is 6.15. The Kier molecular flexibility index (Phi) is 3.72. The first kappa shape index (κ1) is 12.4. The molecule has 0 bridgehead atoms. The molecule has 0 aromatic heterocycles. The van der Waals surface area contributed by atoms with Gasteiger partial charge in [-0.3, -0.25) is 4.79 Å². The standard InChI is InChI=1S/C14H18ClNO/c1-10-7-11(2)9-16(8-10)14(17)12-3-5-13(15)6-4-12/h3-6,10-11H,7-9H2,1-2H3. The summed E-state index contributed by atoms with van der Waals surface area (Å²) in [6.07, 6.45) is 1.21. The maximum Gasteiger partial charge on any atom is 0.253 e. The van der Waals surface area contributed by atoms with Crippen molar-refractivity contribution in [3.05, 3.63) is 34.9 Å². The molecule has 2 rings (SSSR count). The molecule has 0 saturated carbocycles. The van der Waals surface area contributed by atoms with Gasteiger partial charge in [0.25, 0.3) is 5.91 Å². The van der Waals surface area contributed by atoms with Crippen molar-refractivity contribution < 1.29 is 4.79 Å². The van der Waals surface area contributed by atoms with E-state index in [9.17, 15) is 4.79 Å². The van der Waals surface area contributed by atoms with Crippen LogP contribution in [0.2, 0.25) is 5.02 Å². The van der Waals surface area contributed by atoms with Gasteiger partial charge in [0.15, 0.2) is 0 Å². The molecule has 1 amide bonds. The molecule has 2 unspecified atom stereocenters. The zero-order chi connectivity index (χ0) is 12.4. The molecule has 3 heteroatoms. The van der Waals surface area contributed by atoms with Crippen LogP contribution in [0.4, 0.5) is 0 Å². The van der Waals surface area contributed by atoms with Crippen molar-refractivity contribution in [1.29, 1.82) is 0 Å². The molecule has 1 fully saturated rings. The Balaban J connectivity index is 2.11. The molecular weight excluding hydrogens is 234 g/mol. The maximum atomic E-state index is 12.3. The Morgan fingerprint density at radius 3 is 2.24 bits per heavy atom. The lowest BCUT2D eigenvalue weighted by molar-refractivity contribution is 0.0623.